The van der Waals surface area contributed by atoms with Crippen LogP contribution in [-0.4, -0.2) is 0 Å². The number of rotatable bonds is 6. The van der Waals surface area contributed by atoms with E-state index in [0.29, 0.717) is 5.92 Å². The topological polar surface area (TPSA) is 38.0 Å². The highest BCUT2D eigenvalue weighted by Crippen LogP contribution is 2.26. The lowest BCUT2D eigenvalue weighted by atomic mass is 9.93. The van der Waals surface area contributed by atoms with E-state index in [0.717, 1.165) is 24.8 Å². The predicted octanol–water partition coefficient (Wildman–Crippen LogP) is 3.81. The molecule has 0 aromatic heterocycles. The molecule has 0 radical (unpaired) electrons. The molecule has 0 amide bonds. The molecule has 2 nitrogen and oxygen atoms in total. The van der Waals surface area contributed by atoms with Crippen LogP contribution in [0.2, 0.25) is 5.02 Å². The third-order valence-electron chi connectivity index (χ3n) is 2.97. The molecule has 0 saturated carbocycles. The highest BCUT2D eigenvalue weighted by Gasteiger charge is 2.14. The molecule has 0 aliphatic heterocycles. The van der Waals surface area contributed by atoms with Gasteiger partial charge in [-0.25, -0.2) is 4.39 Å². The van der Waals surface area contributed by atoms with Crippen molar-refractivity contribution in [1.29, 1.82) is 0 Å². The minimum atomic E-state index is -0.396. The van der Waals surface area contributed by atoms with Gasteiger partial charge in [-0.2, -0.15) is 0 Å². The second-order valence-electron chi connectivity index (χ2n) is 4.52. The fourth-order valence-corrected chi connectivity index (χ4v) is 2.23. The Hall–Kier alpha value is -0.640. The van der Waals surface area contributed by atoms with Crippen molar-refractivity contribution in [2.24, 2.45) is 11.8 Å². The van der Waals surface area contributed by atoms with Gasteiger partial charge < -0.3 is 0 Å². The van der Waals surface area contributed by atoms with Gasteiger partial charge in [-0.15, -0.1) is 0 Å². The first-order valence-corrected chi connectivity index (χ1v) is 6.37. The SMILES string of the molecule is CCCC(C)CC(NN)c1ccc(F)c(Cl)c1. The Bertz CT molecular complexity index is 357. The number of halogens is 2. The van der Waals surface area contributed by atoms with Gasteiger partial charge in [0.25, 0.3) is 0 Å². The minimum Gasteiger partial charge on any atom is -0.271 e. The van der Waals surface area contributed by atoms with E-state index >= 15 is 0 Å². The van der Waals surface area contributed by atoms with Crippen molar-refractivity contribution >= 4 is 11.6 Å². The molecule has 1 aromatic carbocycles. The largest absolute Gasteiger partial charge is 0.271 e. The van der Waals surface area contributed by atoms with Crippen LogP contribution in [-0.2, 0) is 0 Å². The Morgan fingerprint density at radius 3 is 2.71 bits per heavy atom. The zero-order valence-corrected chi connectivity index (χ0v) is 11.1. The first-order valence-electron chi connectivity index (χ1n) is 5.99. The van der Waals surface area contributed by atoms with Crippen molar-refractivity contribution in [3.05, 3.63) is 34.6 Å². The summed E-state index contributed by atoms with van der Waals surface area (Å²) in [4.78, 5) is 0. The molecule has 0 aliphatic rings. The maximum Gasteiger partial charge on any atom is 0.141 e. The number of hydrogen-bond acceptors (Lipinski definition) is 2. The van der Waals surface area contributed by atoms with E-state index in [-0.39, 0.29) is 11.1 Å². The predicted molar refractivity (Wildman–Crippen MR) is 70.2 cm³/mol. The lowest BCUT2D eigenvalue weighted by Gasteiger charge is -2.20. The van der Waals surface area contributed by atoms with Crippen LogP contribution in [0.25, 0.3) is 0 Å². The van der Waals surface area contributed by atoms with Crippen LogP contribution >= 0.6 is 11.6 Å². The minimum absolute atomic E-state index is 0.0228. The average Bonchev–Trinajstić information content (AvgIpc) is 2.30. The van der Waals surface area contributed by atoms with Crippen molar-refractivity contribution in [2.45, 2.75) is 39.2 Å². The van der Waals surface area contributed by atoms with Crippen LogP contribution < -0.4 is 11.3 Å². The van der Waals surface area contributed by atoms with Crippen molar-refractivity contribution in [2.75, 3.05) is 0 Å². The summed E-state index contributed by atoms with van der Waals surface area (Å²) >= 11 is 5.77. The van der Waals surface area contributed by atoms with E-state index in [1.165, 1.54) is 6.07 Å². The van der Waals surface area contributed by atoms with Crippen LogP contribution in [0.1, 0.15) is 44.7 Å². The van der Waals surface area contributed by atoms with E-state index < -0.39 is 5.82 Å². The average molecular weight is 259 g/mol. The van der Waals surface area contributed by atoms with E-state index in [2.05, 4.69) is 19.3 Å². The molecule has 17 heavy (non-hydrogen) atoms. The second-order valence-corrected chi connectivity index (χ2v) is 4.93. The third-order valence-corrected chi connectivity index (χ3v) is 3.26. The van der Waals surface area contributed by atoms with Gasteiger partial charge in [0.1, 0.15) is 5.82 Å². The molecule has 3 N–H and O–H groups in total. The van der Waals surface area contributed by atoms with Gasteiger partial charge in [0.05, 0.1) is 5.02 Å². The summed E-state index contributed by atoms with van der Waals surface area (Å²) in [6, 6.07) is 4.77. The molecule has 1 aromatic rings. The lowest BCUT2D eigenvalue weighted by Crippen LogP contribution is -2.29. The van der Waals surface area contributed by atoms with E-state index in [9.17, 15) is 4.39 Å². The summed E-state index contributed by atoms with van der Waals surface area (Å²) in [5.41, 5.74) is 3.71. The summed E-state index contributed by atoms with van der Waals surface area (Å²) in [6.07, 6.45) is 3.24. The van der Waals surface area contributed by atoms with Gasteiger partial charge in [-0.1, -0.05) is 44.4 Å². The highest BCUT2D eigenvalue weighted by atomic mass is 35.5. The standard InChI is InChI=1S/C13H20ClFN2/c1-3-4-9(2)7-13(17-16)10-5-6-12(15)11(14)8-10/h5-6,8-9,13,17H,3-4,7,16H2,1-2H3. The summed E-state index contributed by atoms with van der Waals surface area (Å²) in [7, 11) is 0. The fourth-order valence-electron chi connectivity index (χ4n) is 2.04. The summed E-state index contributed by atoms with van der Waals surface area (Å²) in [6.45, 7) is 4.36. The third kappa shape index (κ3) is 4.26. The monoisotopic (exact) mass is 258 g/mol. The van der Waals surface area contributed by atoms with E-state index in [4.69, 9.17) is 17.4 Å². The molecular weight excluding hydrogens is 239 g/mol. The van der Waals surface area contributed by atoms with Crippen LogP contribution in [0, 0.1) is 11.7 Å². The van der Waals surface area contributed by atoms with Gasteiger partial charge in [-0.05, 0) is 30.0 Å². The Kier molecular flexibility index (Phi) is 5.89. The number of hydrazine groups is 1. The summed E-state index contributed by atoms with van der Waals surface area (Å²) < 4.78 is 13.1. The van der Waals surface area contributed by atoms with E-state index in [1.54, 1.807) is 12.1 Å². The Labute approximate surface area is 107 Å². The summed E-state index contributed by atoms with van der Waals surface area (Å²) in [5.74, 6) is 5.73. The number of nitrogens with two attached hydrogens (primary N) is 1. The fraction of sp³-hybridized carbons (Fsp3) is 0.538. The molecule has 0 spiro atoms. The Morgan fingerprint density at radius 2 is 2.18 bits per heavy atom. The molecule has 2 unspecified atom stereocenters. The van der Waals surface area contributed by atoms with Gasteiger partial charge in [-0.3, -0.25) is 11.3 Å². The maximum absolute atomic E-state index is 13.1. The molecule has 96 valence electrons. The number of hydrogen-bond donors (Lipinski definition) is 2. The molecule has 0 bridgehead atoms. The van der Waals surface area contributed by atoms with Crippen molar-refractivity contribution in [3.63, 3.8) is 0 Å². The Balaban J connectivity index is 2.75. The van der Waals surface area contributed by atoms with Crippen LogP contribution in [0.3, 0.4) is 0 Å². The normalized spacial score (nSPS) is 14.6. The van der Waals surface area contributed by atoms with Crippen molar-refractivity contribution in [3.8, 4) is 0 Å². The van der Waals surface area contributed by atoms with Gasteiger partial charge in [0, 0.05) is 6.04 Å². The number of nitrogens with one attached hydrogen (secondary N) is 1. The highest BCUT2D eigenvalue weighted by molar-refractivity contribution is 6.30. The second kappa shape index (κ2) is 6.94. The molecule has 0 aliphatic carbocycles. The Morgan fingerprint density at radius 1 is 1.47 bits per heavy atom. The molecule has 0 heterocycles. The van der Waals surface area contributed by atoms with Crippen molar-refractivity contribution in [1.82, 2.24) is 5.43 Å². The summed E-state index contributed by atoms with van der Waals surface area (Å²) in [5, 5.41) is 0.144. The maximum atomic E-state index is 13.1. The van der Waals surface area contributed by atoms with Gasteiger partial charge in [0.15, 0.2) is 0 Å². The quantitative estimate of drug-likeness (QED) is 0.602. The molecule has 1 rings (SSSR count). The van der Waals surface area contributed by atoms with Crippen LogP contribution in [0.15, 0.2) is 18.2 Å². The van der Waals surface area contributed by atoms with E-state index in [1.807, 2.05) is 0 Å². The van der Waals surface area contributed by atoms with Crippen LogP contribution in [0.5, 0.6) is 0 Å². The van der Waals surface area contributed by atoms with Crippen LogP contribution in [0.4, 0.5) is 4.39 Å². The molecule has 4 heteroatoms. The smallest absolute Gasteiger partial charge is 0.141 e. The first kappa shape index (κ1) is 14.4. The zero-order valence-electron chi connectivity index (χ0n) is 10.3. The number of benzene rings is 1. The molecule has 0 saturated heterocycles. The zero-order chi connectivity index (χ0) is 12.8. The van der Waals surface area contributed by atoms with Crippen molar-refractivity contribution < 1.29 is 4.39 Å². The molecule has 2 atom stereocenters. The molecular formula is C13H20ClFN2. The first-order chi connectivity index (χ1) is 8.08. The lowest BCUT2D eigenvalue weighted by molar-refractivity contribution is 0.394. The van der Waals surface area contributed by atoms with Gasteiger partial charge >= 0.3 is 0 Å². The molecule has 0 fully saturated rings. The van der Waals surface area contributed by atoms with Gasteiger partial charge in [0.2, 0.25) is 0 Å².